The van der Waals surface area contributed by atoms with Gasteiger partial charge in [0.25, 0.3) is 0 Å². The number of nitrogens with one attached hydrogen (secondary N) is 1. The summed E-state index contributed by atoms with van der Waals surface area (Å²) >= 11 is 0. The van der Waals surface area contributed by atoms with Gasteiger partial charge < -0.3 is 9.84 Å². The lowest BCUT2D eigenvalue weighted by Gasteiger charge is -2.27. The van der Waals surface area contributed by atoms with Crippen molar-refractivity contribution in [2.24, 2.45) is 0 Å². The van der Waals surface area contributed by atoms with Crippen LogP contribution in [0.2, 0.25) is 0 Å². The molecule has 0 saturated carbocycles. The molecule has 1 fully saturated rings. The average Bonchev–Trinajstić information content (AvgIpc) is 2.85. The van der Waals surface area contributed by atoms with E-state index in [2.05, 4.69) is 35.9 Å². The van der Waals surface area contributed by atoms with Gasteiger partial charge in [-0.25, -0.2) is 0 Å². The Morgan fingerprint density at radius 2 is 2.22 bits per heavy atom. The van der Waals surface area contributed by atoms with E-state index >= 15 is 0 Å². The van der Waals surface area contributed by atoms with E-state index in [0.29, 0.717) is 13.2 Å². The fourth-order valence-corrected chi connectivity index (χ4v) is 2.42. The summed E-state index contributed by atoms with van der Waals surface area (Å²) in [5, 5.41) is 17.1. The number of hydrogen-bond donors (Lipinski definition) is 2. The van der Waals surface area contributed by atoms with E-state index in [9.17, 15) is 5.11 Å². The lowest BCUT2D eigenvalue weighted by Crippen LogP contribution is -2.40. The molecule has 0 unspecified atom stereocenters. The molecule has 0 bridgehead atoms. The Morgan fingerprint density at radius 3 is 2.78 bits per heavy atom. The number of likely N-dealkylation sites (N-methyl/N-ethyl adjacent to an activating group) is 1. The highest BCUT2D eigenvalue weighted by Crippen LogP contribution is 2.25. The first kappa shape index (κ1) is 13.5. The highest BCUT2D eigenvalue weighted by atomic mass is 16.5. The van der Waals surface area contributed by atoms with Crippen LogP contribution in [-0.4, -0.2) is 52.6 Å². The van der Waals surface area contributed by atoms with Crippen LogP contribution in [-0.2, 0) is 16.7 Å². The van der Waals surface area contributed by atoms with Crippen molar-refractivity contribution in [3.05, 3.63) is 17.5 Å². The van der Waals surface area contributed by atoms with Crippen molar-refractivity contribution < 1.29 is 9.84 Å². The summed E-state index contributed by atoms with van der Waals surface area (Å²) in [7, 11) is 2.02. The van der Waals surface area contributed by atoms with Crippen LogP contribution in [0.3, 0.4) is 0 Å². The van der Waals surface area contributed by atoms with Gasteiger partial charge in [-0.05, 0) is 7.05 Å². The van der Waals surface area contributed by atoms with Gasteiger partial charge in [0.05, 0.1) is 31.6 Å². The molecule has 0 spiro atoms. The van der Waals surface area contributed by atoms with Crippen molar-refractivity contribution >= 4 is 0 Å². The van der Waals surface area contributed by atoms with E-state index in [1.165, 1.54) is 5.56 Å². The van der Waals surface area contributed by atoms with Crippen LogP contribution in [0.1, 0.15) is 32.0 Å². The minimum absolute atomic E-state index is 0.0530. The Labute approximate surface area is 108 Å². The molecule has 0 aliphatic carbocycles. The smallest absolute Gasteiger partial charge is 0.0950 e. The molecule has 0 aromatic carbocycles. The summed E-state index contributed by atoms with van der Waals surface area (Å²) in [6, 6.07) is 0.0766. The molecular weight excluding hydrogens is 230 g/mol. The second-order valence-corrected chi connectivity index (χ2v) is 6.11. The summed E-state index contributed by atoms with van der Waals surface area (Å²) in [6.07, 6.45) is 1.49. The van der Waals surface area contributed by atoms with Gasteiger partial charge >= 0.3 is 0 Å². The van der Waals surface area contributed by atoms with Gasteiger partial charge in [0.15, 0.2) is 0 Å². The molecule has 2 N–H and O–H groups in total. The molecule has 102 valence electrons. The molecule has 0 amide bonds. The number of ether oxygens (including phenoxy) is 1. The molecule has 1 aliphatic heterocycles. The van der Waals surface area contributed by atoms with Crippen LogP contribution < -0.4 is 0 Å². The quantitative estimate of drug-likeness (QED) is 0.840. The number of aliphatic hydroxyl groups excluding tert-OH is 1. The van der Waals surface area contributed by atoms with E-state index in [4.69, 9.17) is 4.74 Å². The van der Waals surface area contributed by atoms with Crippen molar-refractivity contribution in [3.63, 3.8) is 0 Å². The third-order valence-electron chi connectivity index (χ3n) is 3.48. The number of H-pyrrole nitrogens is 1. The van der Waals surface area contributed by atoms with Crippen LogP contribution in [0.4, 0.5) is 0 Å². The van der Waals surface area contributed by atoms with E-state index in [1.807, 2.05) is 13.2 Å². The number of hydrogen-bond acceptors (Lipinski definition) is 4. The predicted octanol–water partition coefficient (Wildman–Crippen LogP) is 0.899. The minimum Gasteiger partial charge on any atom is -0.389 e. The second kappa shape index (κ2) is 4.99. The SMILES string of the molecule is CN(Cc1cn[nH]c1C(C)(C)C)[C@@H]1COC[C@H]1O. The Hall–Kier alpha value is -0.910. The second-order valence-electron chi connectivity index (χ2n) is 6.11. The van der Waals surface area contributed by atoms with Gasteiger partial charge in [0.2, 0.25) is 0 Å². The highest BCUT2D eigenvalue weighted by molar-refractivity contribution is 5.23. The van der Waals surface area contributed by atoms with Crippen LogP contribution >= 0.6 is 0 Å². The molecule has 1 saturated heterocycles. The zero-order valence-corrected chi connectivity index (χ0v) is 11.6. The average molecular weight is 253 g/mol. The first-order chi connectivity index (χ1) is 8.39. The van der Waals surface area contributed by atoms with Crippen LogP contribution in [0.15, 0.2) is 6.20 Å². The normalized spacial score (nSPS) is 25.0. The van der Waals surface area contributed by atoms with Gasteiger partial charge in [-0.1, -0.05) is 20.8 Å². The minimum atomic E-state index is -0.389. The topological polar surface area (TPSA) is 61.4 Å². The maximum Gasteiger partial charge on any atom is 0.0950 e. The Bertz CT molecular complexity index is 397. The fourth-order valence-electron chi connectivity index (χ4n) is 2.42. The fraction of sp³-hybridized carbons (Fsp3) is 0.769. The molecule has 2 heterocycles. The number of aromatic nitrogens is 2. The lowest BCUT2D eigenvalue weighted by atomic mass is 9.89. The summed E-state index contributed by atoms with van der Waals surface area (Å²) in [5.41, 5.74) is 2.39. The Morgan fingerprint density at radius 1 is 1.50 bits per heavy atom. The van der Waals surface area contributed by atoms with Crippen LogP contribution in [0.5, 0.6) is 0 Å². The van der Waals surface area contributed by atoms with Gasteiger partial charge in [0.1, 0.15) is 0 Å². The predicted molar refractivity (Wildman–Crippen MR) is 69.4 cm³/mol. The standard InChI is InChI=1S/C13H23N3O2/c1-13(2,3)12-9(5-14-15-12)6-16(4)10-7-18-8-11(10)17/h5,10-11,17H,6-8H2,1-4H3,(H,14,15)/t10-,11-/m1/s1. The third-order valence-corrected chi connectivity index (χ3v) is 3.48. The van der Waals surface area contributed by atoms with Crippen LogP contribution in [0.25, 0.3) is 0 Å². The molecule has 2 rings (SSSR count). The van der Waals surface area contributed by atoms with Crippen molar-refractivity contribution in [2.45, 2.75) is 44.9 Å². The molecule has 0 radical (unpaired) electrons. The summed E-state index contributed by atoms with van der Waals surface area (Å²) in [4.78, 5) is 2.14. The summed E-state index contributed by atoms with van der Waals surface area (Å²) < 4.78 is 5.29. The number of rotatable bonds is 3. The van der Waals surface area contributed by atoms with Crippen molar-refractivity contribution in [1.82, 2.24) is 15.1 Å². The zero-order valence-electron chi connectivity index (χ0n) is 11.6. The molecule has 1 aromatic heterocycles. The van der Waals surface area contributed by atoms with Crippen molar-refractivity contribution in [2.75, 3.05) is 20.3 Å². The first-order valence-electron chi connectivity index (χ1n) is 6.38. The molecule has 5 nitrogen and oxygen atoms in total. The molecule has 2 atom stereocenters. The maximum absolute atomic E-state index is 9.83. The van der Waals surface area contributed by atoms with E-state index in [1.54, 1.807) is 0 Å². The van der Waals surface area contributed by atoms with Gasteiger partial charge in [-0.2, -0.15) is 5.10 Å². The van der Waals surface area contributed by atoms with Crippen molar-refractivity contribution in [1.29, 1.82) is 0 Å². The van der Waals surface area contributed by atoms with Crippen molar-refractivity contribution in [3.8, 4) is 0 Å². The summed E-state index contributed by atoms with van der Waals surface area (Å²) in [6.45, 7) is 8.30. The van der Waals surface area contributed by atoms with Gasteiger partial charge in [-0.3, -0.25) is 10.00 Å². The van der Waals surface area contributed by atoms with Gasteiger partial charge in [0, 0.05) is 23.2 Å². The van der Waals surface area contributed by atoms with Crippen LogP contribution in [0, 0.1) is 0 Å². The highest BCUT2D eigenvalue weighted by Gasteiger charge is 2.30. The Kier molecular flexibility index (Phi) is 3.75. The zero-order chi connectivity index (χ0) is 13.3. The lowest BCUT2D eigenvalue weighted by molar-refractivity contribution is 0.0923. The number of nitrogens with zero attached hydrogens (tertiary/aromatic N) is 2. The summed E-state index contributed by atoms with van der Waals surface area (Å²) in [5.74, 6) is 0. The monoisotopic (exact) mass is 253 g/mol. The molecule has 5 heteroatoms. The third kappa shape index (κ3) is 2.74. The molecule has 1 aliphatic rings. The van der Waals surface area contributed by atoms with E-state index in [0.717, 1.165) is 12.2 Å². The largest absolute Gasteiger partial charge is 0.389 e. The first-order valence-corrected chi connectivity index (χ1v) is 6.38. The molecule has 18 heavy (non-hydrogen) atoms. The number of aliphatic hydroxyl groups is 1. The van der Waals surface area contributed by atoms with E-state index in [-0.39, 0.29) is 17.6 Å². The Balaban J connectivity index is 2.08. The number of aromatic amines is 1. The maximum atomic E-state index is 9.83. The van der Waals surface area contributed by atoms with Gasteiger partial charge in [-0.15, -0.1) is 0 Å². The molecular formula is C13H23N3O2. The van der Waals surface area contributed by atoms with E-state index < -0.39 is 0 Å². The molecule has 1 aromatic rings.